The topological polar surface area (TPSA) is 56.7 Å². The third kappa shape index (κ3) is 1.98. The van der Waals surface area contributed by atoms with Crippen LogP contribution in [0.15, 0.2) is 30.9 Å². The molecule has 2 aromatic heterocycles. The highest BCUT2D eigenvalue weighted by molar-refractivity contribution is 5.61. The predicted octanol–water partition coefficient (Wildman–Crippen LogP) is 1.94. The molecule has 0 aliphatic heterocycles. The van der Waals surface area contributed by atoms with Crippen molar-refractivity contribution in [2.24, 2.45) is 0 Å². The van der Waals surface area contributed by atoms with E-state index in [0.717, 1.165) is 24.2 Å². The smallest absolute Gasteiger partial charge is 0.123 e. The Balaban J connectivity index is 2.40. The Morgan fingerprint density at radius 1 is 1.47 bits per heavy atom. The molecule has 0 amide bonds. The van der Waals surface area contributed by atoms with Crippen LogP contribution >= 0.6 is 0 Å². The van der Waals surface area contributed by atoms with Crippen LogP contribution in [0, 0.1) is 0 Å². The van der Waals surface area contributed by atoms with Crippen molar-refractivity contribution in [3.63, 3.8) is 0 Å². The fourth-order valence-corrected chi connectivity index (χ4v) is 1.59. The third-order valence-electron chi connectivity index (χ3n) is 2.25. The number of nitrogens with two attached hydrogens (primary N) is 1. The molecule has 15 heavy (non-hydrogen) atoms. The molecule has 2 aromatic rings. The molecule has 0 saturated carbocycles. The quantitative estimate of drug-likeness (QED) is 0.827. The number of imidazole rings is 1. The first kappa shape index (κ1) is 9.71. The maximum atomic E-state index is 5.65. The molecule has 2 rings (SSSR count). The zero-order valence-electron chi connectivity index (χ0n) is 8.72. The van der Waals surface area contributed by atoms with Crippen LogP contribution in [0.1, 0.15) is 13.3 Å². The summed E-state index contributed by atoms with van der Waals surface area (Å²) in [5.74, 6) is 0.539. The van der Waals surface area contributed by atoms with Gasteiger partial charge in [-0.15, -0.1) is 0 Å². The number of aryl methyl sites for hydroxylation is 1. The lowest BCUT2D eigenvalue weighted by molar-refractivity contribution is 0.684. The van der Waals surface area contributed by atoms with Crippen LogP contribution in [-0.4, -0.2) is 14.5 Å². The monoisotopic (exact) mass is 202 g/mol. The van der Waals surface area contributed by atoms with Gasteiger partial charge in [0.1, 0.15) is 5.82 Å². The highest BCUT2D eigenvalue weighted by Crippen LogP contribution is 2.19. The van der Waals surface area contributed by atoms with Gasteiger partial charge in [0.05, 0.1) is 18.2 Å². The van der Waals surface area contributed by atoms with Gasteiger partial charge in [-0.3, -0.25) is 0 Å². The van der Waals surface area contributed by atoms with Crippen molar-refractivity contribution in [1.82, 2.24) is 14.5 Å². The molecule has 0 unspecified atom stereocenters. The third-order valence-corrected chi connectivity index (χ3v) is 2.25. The standard InChI is InChI=1S/C11H14N4/c1-2-5-15-8-13-7-10(15)9-3-4-14-11(12)6-9/h3-4,6-8H,2,5H2,1H3,(H2,12,14). The Kier molecular flexibility index (Phi) is 2.67. The summed E-state index contributed by atoms with van der Waals surface area (Å²) in [5.41, 5.74) is 7.80. The minimum absolute atomic E-state index is 0.539. The van der Waals surface area contributed by atoms with Crippen molar-refractivity contribution >= 4 is 5.82 Å². The molecule has 0 aliphatic carbocycles. The van der Waals surface area contributed by atoms with Gasteiger partial charge >= 0.3 is 0 Å². The van der Waals surface area contributed by atoms with E-state index in [2.05, 4.69) is 21.5 Å². The molecule has 78 valence electrons. The Bertz CT molecular complexity index is 447. The molecule has 0 bridgehead atoms. The second-order valence-electron chi connectivity index (χ2n) is 3.44. The zero-order valence-corrected chi connectivity index (χ0v) is 8.72. The van der Waals surface area contributed by atoms with Gasteiger partial charge in [0.15, 0.2) is 0 Å². The van der Waals surface area contributed by atoms with Crippen molar-refractivity contribution < 1.29 is 0 Å². The van der Waals surface area contributed by atoms with Crippen molar-refractivity contribution in [1.29, 1.82) is 0 Å². The summed E-state index contributed by atoms with van der Waals surface area (Å²) in [5, 5.41) is 0. The molecule has 2 N–H and O–H groups in total. The SMILES string of the molecule is CCCn1cncc1-c1ccnc(N)c1. The molecule has 2 heterocycles. The second-order valence-corrected chi connectivity index (χ2v) is 3.44. The lowest BCUT2D eigenvalue weighted by atomic mass is 10.2. The number of nitrogens with zero attached hydrogens (tertiary/aromatic N) is 3. The van der Waals surface area contributed by atoms with Gasteiger partial charge in [-0.25, -0.2) is 9.97 Å². The first-order chi connectivity index (χ1) is 7.31. The number of pyridine rings is 1. The fraction of sp³-hybridized carbons (Fsp3) is 0.273. The Hall–Kier alpha value is -1.84. The van der Waals surface area contributed by atoms with E-state index < -0.39 is 0 Å². The molecule has 4 heteroatoms. The largest absolute Gasteiger partial charge is 0.384 e. The van der Waals surface area contributed by atoms with E-state index in [1.807, 2.05) is 24.7 Å². The summed E-state index contributed by atoms with van der Waals surface area (Å²) in [4.78, 5) is 8.12. The first-order valence-corrected chi connectivity index (χ1v) is 5.03. The lowest BCUT2D eigenvalue weighted by Crippen LogP contribution is -1.98. The predicted molar refractivity (Wildman–Crippen MR) is 60.2 cm³/mol. The number of hydrogen-bond donors (Lipinski definition) is 1. The Labute approximate surface area is 88.8 Å². The van der Waals surface area contributed by atoms with Gasteiger partial charge in [0.2, 0.25) is 0 Å². The fourth-order valence-electron chi connectivity index (χ4n) is 1.59. The van der Waals surface area contributed by atoms with Gasteiger partial charge in [0.25, 0.3) is 0 Å². The summed E-state index contributed by atoms with van der Waals surface area (Å²) in [6.45, 7) is 3.11. The molecular weight excluding hydrogens is 188 g/mol. The summed E-state index contributed by atoms with van der Waals surface area (Å²) in [6, 6.07) is 3.81. The summed E-state index contributed by atoms with van der Waals surface area (Å²) >= 11 is 0. The van der Waals surface area contributed by atoms with Gasteiger partial charge in [-0.2, -0.15) is 0 Å². The first-order valence-electron chi connectivity index (χ1n) is 5.03. The van der Waals surface area contributed by atoms with Crippen molar-refractivity contribution in [3.05, 3.63) is 30.9 Å². The van der Waals surface area contributed by atoms with Gasteiger partial charge < -0.3 is 10.3 Å². The molecule has 0 radical (unpaired) electrons. The van der Waals surface area contributed by atoms with Gasteiger partial charge in [-0.05, 0) is 18.6 Å². The lowest BCUT2D eigenvalue weighted by Gasteiger charge is -2.06. The van der Waals surface area contributed by atoms with Crippen LogP contribution in [0.4, 0.5) is 5.82 Å². The van der Waals surface area contributed by atoms with Gasteiger partial charge in [-0.1, -0.05) is 6.92 Å². The maximum absolute atomic E-state index is 5.65. The molecular formula is C11H14N4. The minimum Gasteiger partial charge on any atom is -0.384 e. The van der Waals surface area contributed by atoms with E-state index in [4.69, 9.17) is 5.73 Å². The molecule has 0 aliphatic rings. The minimum atomic E-state index is 0.539. The highest BCUT2D eigenvalue weighted by Gasteiger charge is 2.04. The molecule has 0 atom stereocenters. The van der Waals surface area contributed by atoms with Crippen LogP contribution in [0.25, 0.3) is 11.3 Å². The van der Waals surface area contributed by atoms with Gasteiger partial charge in [0, 0.05) is 18.3 Å². The summed E-state index contributed by atoms with van der Waals surface area (Å²) < 4.78 is 2.12. The van der Waals surface area contributed by atoms with E-state index >= 15 is 0 Å². The summed E-state index contributed by atoms with van der Waals surface area (Å²) in [7, 11) is 0. The van der Waals surface area contributed by atoms with E-state index in [1.54, 1.807) is 6.20 Å². The van der Waals surface area contributed by atoms with Crippen LogP contribution in [-0.2, 0) is 6.54 Å². The normalized spacial score (nSPS) is 10.5. The van der Waals surface area contributed by atoms with E-state index in [-0.39, 0.29) is 0 Å². The van der Waals surface area contributed by atoms with Crippen molar-refractivity contribution in [2.45, 2.75) is 19.9 Å². The average molecular weight is 202 g/mol. The Morgan fingerprint density at radius 3 is 3.07 bits per heavy atom. The highest BCUT2D eigenvalue weighted by atomic mass is 15.0. The summed E-state index contributed by atoms with van der Waals surface area (Å²) in [6.07, 6.45) is 6.50. The van der Waals surface area contributed by atoms with E-state index in [1.165, 1.54) is 0 Å². The van der Waals surface area contributed by atoms with Crippen molar-refractivity contribution in [3.8, 4) is 11.3 Å². The van der Waals surface area contributed by atoms with Crippen LogP contribution in [0.2, 0.25) is 0 Å². The van der Waals surface area contributed by atoms with Crippen molar-refractivity contribution in [2.75, 3.05) is 5.73 Å². The second kappa shape index (κ2) is 4.13. The molecule has 0 fully saturated rings. The number of nitrogen functional groups attached to an aromatic ring is 1. The van der Waals surface area contributed by atoms with Crippen LogP contribution in [0.5, 0.6) is 0 Å². The molecule has 4 nitrogen and oxygen atoms in total. The van der Waals surface area contributed by atoms with E-state index in [0.29, 0.717) is 5.82 Å². The number of aromatic nitrogens is 3. The molecule has 0 saturated heterocycles. The van der Waals surface area contributed by atoms with Crippen LogP contribution in [0.3, 0.4) is 0 Å². The maximum Gasteiger partial charge on any atom is 0.123 e. The zero-order chi connectivity index (χ0) is 10.7. The number of rotatable bonds is 3. The number of anilines is 1. The van der Waals surface area contributed by atoms with E-state index in [9.17, 15) is 0 Å². The Morgan fingerprint density at radius 2 is 2.33 bits per heavy atom. The molecule has 0 spiro atoms. The average Bonchev–Trinajstić information content (AvgIpc) is 2.66. The number of hydrogen-bond acceptors (Lipinski definition) is 3. The van der Waals surface area contributed by atoms with Crippen LogP contribution < -0.4 is 5.73 Å². The molecule has 0 aromatic carbocycles.